The van der Waals surface area contributed by atoms with E-state index in [2.05, 4.69) is 0 Å². The third-order valence-corrected chi connectivity index (χ3v) is 4.09. The van der Waals surface area contributed by atoms with Crippen molar-refractivity contribution in [2.45, 2.75) is 56.4 Å². The Labute approximate surface area is 169 Å². The van der Waals surface area contributed by atoms with Gasteiger partial charge in [-0.2, -0.15) is 0 Å². The van der Waals surface area contributed by atoms with Gasteiger partial charge in [0.25, 0.3) is 0 Å². The summed E-state index contributed by atoms with van der Waals surface area (Å²) in [7, 11) is 0. The first-order valence-electron chi connectivity index (χ1n) is 8.52. The summed E-state index contributed by atoms with van der Waals surface area (Å²) in [5, 5.41) is 0. The van der Waals surface area contributed by atoms with Gasteiger partial charge < -0.3 is 14.4 Å². The number of ether oxygens (including phenoxy) is 2. The molecule has 1 heterocycles. The highest BCUT2D eigenvalue weighted by atomic mass is 35.6. The van der Waals surface area contributed by atoms with E-state index in [-0.39, 0.29) is 25.5 Å². The van der Waals surface area contributed by atoms with Gasteiger partial charge in [0.1, 0.15) is 12.2 Å². The minimum atomic E-state index is -1.66. The first kappa shape index (κ1) is 23.3. The molecule has 1 aliphatic heterocycles. The summed E-state index contributed by atoms with van der Waals surface area (Å²) in [6, 6.07) is 0. The second-order valence-corrected chi connectivity index (χ2v) is 10.1. The Morgan fingerprint density at radius 3 is 2.35 bits per heavy atom. The Morgan fingerprint density at radius 2 is 1.81 bits per heavy atom. The fourth-order valence-corrected chi connectivity index (χ4v) is 2.84. The van der Waals surface area contributed by atoms with Gasteiger partial charge >= 0.3 is 11.9 Å². The van der Waals surface area contributed by atoms with Crippen molar-refractivity contribution < 1.29 is 23.9 Å². The molecule has 1 rings (SSSR count). The van der Waals surface area contributed by atoms with E-state index in [1.807, 2.05) is 0 Å². The molecule has 0 aromatic carbocycles. The molecule has 0 bridgehead atoms. The zero-order valence-corrected chi connectivity index (χ0v) is 17.8. The summed E-state index contributed by atoms with van der Waals surface area (Å²) in [6.07, 6.45) is 1.26. The molecule has 0 N–H and O–H groups in total. The lowest BCUT2D eigenvalue weighted by atomic mass is 9.96. The zero-order valence-electron chi connectivity index (χ0n) is 15.5. The van der Waals surface area contributed by atoms with Crippen LogP contribution in [-0.2, 0) is 23.9 Å². The molecule has 6 nitrogen and oxygen atoms in total. The Kier molecular flexibility index (Phi) is 8.49. The van der Waals surface area contributed by atoms with Crippen molar-refractivity contribution in [2.75, 3.05) is 19.7 Å². The van der Waals surface area contributed by atoms with Crippen molar-refractivity contribution in [1.29, 1.82) is 0 Å². The normalized spacial score (nSPS) is 19.7. The van der Waals surface area contributed by atoms with Crippen LogP contribution >= 0.6 is 34.8 Å². The molecule has 0 spiro atoms. The number of nitrogens with zero attached hydrogens (tertiary/aromatic N) is 1. The van der Waals surface area contributed by atoms with Crippen LogP contribution in [0.1, 0.15) is 47.0 Å². The van der Waals surface area contributed by atoms with Gasteiger partial charge in [0.05, 0.1) is 12.3 Å². The zero-order chi connectivity index (χ0) is 20.1. The van der Waals surface area contributed by atoms with Crippen molar-refractivity contribution in [3.8, 4) is 0 Å². The van der Waals surface area contributed by atoms with Gasteiger partial charge in [-0.25, -0.2) is 0 Å². The Morgan fingerprint density at radius 1 is 1.19 bits per heavy atom. The third-order valence-electron chi connectivity index (χ3n) is 3.76. The van der Waals surface area contributed by atoms with Gasteiger partial charge in [-0.3, -0.25) is 14.4 Å². The van der Waals surface area contributed by atoms with Gasteiger partial charge in [-0.15, -0.1) is 0 Å². The number of likely N-dealkylation sites (tertiary alicyclic amines) is 1. The van der Waals surface area contributed by atoms with Gasteiger partial charge in [0.15, 0.2) is 0 Å². The molecular formula is C17H26Cl3NO5. The lowest BCUT2D eigenvalue weighted by Gasteiger charge is -2.33. The summed E-state index contributed by atoms with van der Waals surface area (Å²) in [4.78, 5) is 38.2. The highest BCUT2D eigenvalue weighted by molar-refractivity contribution is 6.67. The van der Waals surface area contributed by atoms with Crippen LogP contribution in [0.4, 0.5) is 0 Å². The highest BCUT2D eigenvalue weighted by Gasteiger charge is 2.33. The molecule has 9 heteroatoms. The molecular weight excluding hydrogens is 405 g/mol. The molecule has 1 saturated heterocycles. The van der Waals surface area contributed by atoms with E-state index in [1.165, 1.54) is 0 Å². The molecule has 0 radical (unpaired) electrons. The topological polar surface area (TPSA) is 72.9 Å². The monoisotopic (exact) mass is 429 g/mol. The van der Waals surface area contributed by atoms with E-state index >= 15 is 0 Å². The van der Waals surface area contributed by atoms with Crippen LogP contribution < -0.4 is 0 Å². The van der Waals surface area contributed by atoms with Gasteiger partial charge in [0.2, 0.25) is 9.70 Å². The smallest absolute Gasteiger partial charge is 0.310 e. The molecule has 0 unspecified atom stereocenters. The number of hydrogen-bond acceptors (Lipinski definition) is 5. The van der Waals surface area contributed by atoms with E-state index in [0.29, 0.717) is 19.4 Å². The first-order valence-corrected chi connectivity index (χ1v) is 9.66. The Balaban J connectivity index is 2.56. The average Bonchev–Trinajstić information content (AvgIpc) is 2.49. The lowest BCUT2D eigenvalue weighted by molar-refractivity contribution is -0.159. The fourth-order valence-electron chi connectivity index (χ4n) is 2.67. The van der Waals surface area contributed by atoms with Crippen molar-refractivity contribution in [3.05, 3.63) is 0 Å². The third kappa shape index (κ3) is 8.78. The van der Waals surface area contributed by atoms with Crippen LogP contribution in [0.15, 0.2) is 0 Å². The molecule has 0 aromatic heterocycles. The minimum absolute atomic E-state index is 0.00498. The van der Waals surface area contributed by atoms with Gasteiger partial charge in [-0.1, -0.05) is 41.7 Å². The molecule has 1 aliphatic rings. The predicted molar refractivity (Wildman–Crippen MR) is 100 cm³/mol. The Bertz CT molecular complexity index is 527. The second kappa shape index (κ2) is 9.47. The minimum Gasteiger partial charge on any atom is -0.461 e. The molecule has 0 aliphatic carbocycles. The summed E-state index contributed by atoms with van der Waals surface area (Å²) < 4.78 is 8.59. The largest absolute Gasteiger partial charge is 0.461 e. The quantitative estimate of drug-likeness (QED) is 0.493. The van der Waals surface area contributed by atoms with Crippen LogP contribution in [0.2, 0.25) is 0 Å². The van der Waals surface area contributed by atoms with Crippen LogP contribution in [0, 0.1) is 11.8 Å². The van der Waals surface area contributed by atoms with Crippen LogP contribution in [0.25, 0.3) is 0 Å². The number of esters is 2. The number of halogens is 3. The van der Waals surface area contributed by atoms with E-state index in [1.54, 1.807) is 32.6 Å². The van der Waals surface area contributed by atoms with E-state index < -0.39 is 33.2 Å². The molecule has 1 amide bonds. The number of rotatable bonds is 5. The fraction of sp³-hybridized carbons (Fsp3) is 0.824. The highest BCUT2D eigenvalue weighted by Crippen LogP contribution is 2.27. The number of carbonyl (C=O) groups excluding carboxylic acids is 3. The molecule has 150 valence electrons. The standard InChI is InChI=1S/C17H26Cl3NO5/c1-11(8-13(22)26-16(2,3)4)14(23)21-7-5-6-12(9-21)15(24)25-10-17(18,19)20/h11-12H,5-10H2,1-4H3/t11-,12-/m1/s1. The van der Waals surface area contributed by atoms with Crippen molar-refractivity contribution in [1.82, 2.24) is 4.90 Å². The molecule has 26 heavy (non-hydrogen) atoms. The SMILES string of the molecule is C[C@H](CC(=O)OC(C)(C)C)C(=O)N1CCC[C@@H](C(=O)OCC(Cl)(Cl)Cl)C1. The van der Waals surface area contributed by atoms with Crippen LogP contribution in [0.3, 0.4) is 0 Å². The number of carbonyl (C=O) groups is 3. The maximum Gasteiger partial charge on any atom is 0.310 e. The predicted octanol–water partition coefficient (Wildman–Crippen LogP) is 3.51. The Hall–Kier alpha value is -0.720. The van der Waals surface area contributed by atoms with E-state index in [9.17, 15) is 14.4 Å². The summed E-state index contributed by atoms with van der Waals surface area (Å²) in [5.41, 5.74) is -0.595. The van der Waals surface area contributed by atoms with E-state index in [0.717, 1.165) is 0 Å². The van der Waals surface area contributed by atoms with Crippen molar-refractivity contribution >= 4 is 52.6 Å². The molecule has 0 aromatic rings. The molecule has 1 fully saturated rings. The molecule has 2 atom stereocenters. The summed E-state index contributed by atoms with van der Waals surface area (Å²) >= 11 is 16.7. The molecule has 0 saturated carbocycles. The van der Waals surface area contributed by atoms with E-state index in [4.69, 9.17) is 44.3 Å². The van der Waals surface area contributed by atoms with Gasteiger partial charge in [-0.05, 0) is 33.6 Å². The maximum atomic E-state index is 12.6. The van der Waals surface area contributed by atoms with Crippen LogP contribution in [-0.4, -0.2) is 51.8 Å². The van der Waals surface area contributed by atoms with Gasteiger partial charge in [0, 0.05) is 19.0 Å². The second-order valence-electron chi connectivity index (χ2n) is 7.54. The lowest BCUT2D eigenvalue weighted by Crippen LogP contribution is -2.45. The number of amides is 1. The maximum absolute atomic E-state index is 12.6. The number of alkyl halides is 3. The average molecular weight is 431 g/mol. The van der Waals surface area contributed by atoms with Crippen LogP contribution in [0.5, 0.6) is 0 Å². The number of hydrogen-bond donors (Lipinski definition) is 0. The summed E-state index contributed by atoms with van der Waals surface area (Å²) in [5.74, 6) is -2.09. The summed E-state index contributed by atoms with van der Waals surface area (Å²) in [6.45, 7) is 7.43. The first-order chi connectivity index (χ1) is 11.8. The van der Waals surface area contributed by atoms with Crippen molar-refractivity contribution in [3.63, 3.8) is 0 Å². The van der Waals surface area contributed by atoms with Crippen molar-refractivity contribution in [2.24, 2.45) is 11.8 Å². The number of piperidine rings is 1.